The molecule has 20 heavy (non-hydrogen) atoms. The second kappa shape index (κ2) is 6.39. The van der Waals surface area contributed by atoms with Crippen molar-refractivity contribution in [1.82, 2.24) is 9.97 Å². The third-order valence-corrected chi connectivity index (χ3v) is 4.68. The Kier molecular flexibility index (Phi) is 4.81. The largest absolute Gasteiger partial charge is 0.356 e. The molecule has 1 aliphatic heterocycles. The van der Waals surface area contributed by atoms with Gasteiger partial charge in [0.05, 0.1) is 0 Å². The molecule has 0 aliphatic carbocycles. The summed E-state index contributed by atoms with van der Waals surface area (Å²) in [5, 5.41) is 0. The molecule has 0 radical (unpaired) electrons. The van der Waals surface area contributed by atoms with Gasteiger partial charge in [-0.05, 0) is 24.7 Å². The zero-order valence-electron chi connectivity index (χ0n) is 12.9. The predicted molar refractivity (Wildman–Crippen MR) is 83.7 cm³/mol. The van der Waals surface area contributed by atoms with E-state index in [1.807, 2.05) is 0 Å². The monoisotopic (exact) mass is 277 g/mol. The number of piperidine rings is 1. The lowest BCUT2D eigenvalue weighted by Gasteiger charge is -2.40. The Balaban J connectivity index is 2.21. The molecule has 0 spiro atoms. The fourth-order valence-electron chi connectivity index (χ4n) is 2.89. The molecule has 0 amide bonds. The Morgan fingerprint density at radius 2 is 2.00 bits per heavy atom. The summed E-state index contributed by atoms with van der Waals surface area (Å²) in [5.41, 5.74) is 4.35. The molecule has 112 valence electrons. The minimum atomic E-state index is 0.489. The summed E-state index contributed by atoms with van der Waals surface area (Å²) in [4.78, 5) is 11.2. The van der Waals surface area contributed by atoms with Gasteiger partial charge in [-0.3, -0.25) is 0 Å². The van der Waals surface area contributed by atoms with E-state index in [0.717, 1.165) is 43.1 Å². The molecule has 0 unspecified atom stereocenters. The standard InChI is InChI=1S/C15H27N5/c1-4-6-12-13(19-16)17-11-18-14(12)20-9-7-15(3,5-2)8-10-20/h11H,4-10,16H2,1-3H3,(H,17,18,19). The average molecular weight is 277 g/mol. The zero-order valence-corrected chi connectivity index (χ0v) is 12.9. The van der Waals surface area contributed by atoms with Crippen molar-refractivity contribution in [3.8, 4) is 0 Å². The average Bonchev–Trinajstić information content (AvgIpc) is 2.49. The lowest BCUT2D eigenvalue weighted by molar-refractivity contribution is 0.237. The van der Waals surface area contributed by atoms with E-state index in [0.29, 0.717) is 5.41 Å². The van der Waals surface area contributed by atoms with Gasteiger partial charge >= 0.3 is 0 Å². The van der Waals surface area contributed by atoms with Crippen molar-refractivity contribution >= 4 is 11.6 Å². The van der Waals surface area contributed by atoms with Crippen molar-refractivity contribution in [3.05, 3.63) is 11.9 Å². The summed E-state index contributed by atoms with van der Waals surface area (Å²) in [7, 11) is 0. The first-order valence-electron chi connectivity index (χ1n) is 7.69. The molecule has 0 saturated carbocycles. The predicted octanol–water partition coefficient (Wildman–Crippen LogP) is 2.73. The van der Waals surface area contributed by atoms with Gasteiger partial charge in [0.15, 0.2) is 0 Å². The number of nitrogens with one attached hydrogen (secondary N) is 1. The van der Waals surface area contributed by atoms with Crippen LogP contribution >= 0.6 is 0 Å². The minimum Gasteiger partial charge on any atom is -0.356 e. The van der Waals surface area contributed by atoms with Gasteiger partial charge in [0, 0.05) is 18.7 Å². The first kappa shape index (κ1) is 15.0. The van der Waals surface area contributed by atoms with Crippen LogP contribution in [-0.4, -0.2) is 23.1 Å². The summed E-state index contributed by atoms with van der Waals surface area (Å²) in [6, 6.07) is 0. The highest BCUT2D eigenvalue weighted by Crippen LogP contribution is 2.36. The van der Waals surface area contributed by atoms with Gasteiger partial charge in [0.1, 0.15) is 18.0 Å². The second-order valence-electron chi connectivity index (χ2n) is 6.07. The number of hydrazine groups is 1. The van der Waals surface area contributed by atoms with Crippen LogP contribution in [0, 0.1) is 5.41 Å². The highest BCUT2D eigenvalue weighted by Gasteiger charge is 2.30. The van der Waals surface area contributed by atoms with Crippen LogP contribution < -0.4 is 16.2 Å². The fourth-order valence-corrected chi connectivity index (χ4v) is 2.89. The summed E-state index contributed by atoms with van der Waals surface area (Å²) in [6.07, 6.45) is 7.33. The van der Waals surface area contributed by atoms with Gasteiger partial charge in [-0.2, -0.15) is 0 Å². The molecule has 0 bridgehead atoms. The van der Waals surface area contributed by atoms with E-state index in [2.05, 4.69) is 41.1 Å². The smallest absolute Gasteiger partial charge is 0.148 e. The lowest BCUT2D eigenvalue weighted by Crippen LogP contribution is -2.39. The van der Waals surface area contributed by atoms with Crippen molar-refractivity contribution in [3.63, 3.8) is 0 Å². The molecule has 5 nitrogen and oxygen atoms in total. The Hall–Kier alpha value is -1.36. The van der Waals surface area contributed by atoms with Crippen molar-refractivity contribution in [2.45, 2.75) is 52.9 Å². The van der Waals surface area contributed by atoms with Crippen LogP contribution in [0.15, 0.2) is 6.33 Å². The SMILES string of the molecule is CCCc1c(NN)ncnc1N1CCC(C)(CC)CC1. The van der Waals surface area contributed by atoms with Crippen LogP contribution in [0.1, 0.15) is 52.0 Å². The number of anilines is 2. The molecular weight excluding hydrogens is 250 g/mol. The molecule has 5 heteroatoms. The van der Waals surface area contributed by atoms with E-state index >= 15 is 0 Å². The van der Waals surface area contributed by atoms with Gasteiger partial charge in [-0.25, -0.2) is 15.8 Å². The van der Waals surface area contributed by atoms with E-state index in [1.54, 1.807) is 6.33 Å². The molecule has 3 N–H and O–H groups in total. The van der Waals surface area contributed by atoms with Crippen molar-refractivity contribution in [2.24, 2.45) is 11.3 Å². The Bertz CT molecular complexity index is 438. The molecule has 0 aromatic carbocycles. The molecule has 1 aromatic rings. The first-order chi connectivity index (χ1) is 9.63. The van der Waals surface area contributed by atoms with Crippen LogP contribution in [0.5, 0.6) is 0 Å². The number of aromatic nitrogens is 2. The molecule has 0 atom stereocenters. The summed E-state index contributed by atoms with van der Waals surface area (Å²) >= 11 is 0. The third-order valence-electron chi connectivity index (χ3n) is 4.68. The number of hydrogen-bond acceptors (Lipinski definition) is 5. The fraction of sp³-hybridized carbons (Fsp3) is 0.733. The van der Waals surface area contributed by atoms with Crippen LogP contribution in [0.4, 0.5) is 11.6 Å². The van der Waals surface area contributed by atoms with E-state index in [9.17, 15) is 0 Å². The number of nitrogens with zero attached hydrogens (tertiary/aromatic N) is 3. The topological polar surface area (TPSA) is 67.1 Å². The molecule has 2 rings (SSSR count). The van der Waals surface area contributed by atoms with Crippen LogP contribution in [-0.2, 0) is 6.42 Å². The quantitative estimate of drug-likeness (QED) is 0.640. The minimum absolute atomic E-state index is 0.489. The highest BCUT2D eigenvalue weighted by molar-refractivity contribution is 5.58. The molecule has 2 heterocycles. The van der Waals surface area contributed by atoms with Gasteiger partial charge < -0.3 is 10.3 Å². The van der Waals surface area contributed by atoms with Gasteiger partial charge in [0.25, 0.3) is 0 Å². The van der Waals surface area contributed by atoms with Crippen molar-refractivity contribution in [2.75, 3.05) is 23.4 Å². The van der Waals surface area contributed by atoms with E-state index < -0.39 is 0 Å². The molecule has 1 aromatic heterocycles. The molecule has 1 fully saturated rings. The highest BCUT2D eigenvalue weighted by atomic mass is 15.3. The van der Waals surface area contributed by atoms with Crippen LogP contribution in [0.3, 0.4) is 0 Å². The van der Waals surface area contributed by atoms with Crippen molar-refractivity contribution in [1.29, 1.82) is 0 Å². The van der Waals surface area contributed by atoms with Crippen molar-refractivity contribution < 1.29 is 0 Å². The maximum Gasteiger partial charge on any atom is 0.148 e. The Morgan fingerprint density at radius 3 is 2.55 bits per heavy atom. The lowest BCUT2D eigenvalue weighted by atomic mass is 9.78. The third kappa shape index (κ3) is 3.03. The van der Waals surface area contributed by atoms with E-state index in [1.165, 1.54) is 19.3 Å². The van der Waals surface area contributed by atoms with Crippen LogP contribution in [0.25, 0.3) is 0 Å². The molecular formula is C15H27N5. The number of nitrogens with two attached hydrogens (primary N) is 1. The normalized spacial score (nSPS) is 18.1. The first-order valence-corrected chi connectivity index (χ1v) is 7.69. The number of rotatable bonds is 5. The van der Waals surface area contributed by atoms with Crippen LogP contribution in [0.2, 0.25) is 0 Å². The second-order valence-corrected chi connectivity index (χ2v) is 6.07. The molecule has 1 saturated heterocycles. The zero-order chi connectivity index (χ0) is 14.6. The van der Waals surface area contributed by atoms with E-state index in [4.69, 9.17) is 5.84 Å². The number of nitrogen functional groups attached to an aromatic ring is 1. The van der Waals surface area contributed by atoms with E-state index in [-0.39, 0.29) is 0 Å². The van der Waals surface area contributed by atoms with Gasteiger partial charge in [0.2, 0.25) is 0 Å². The molecule has 1 aliphatic rings. The summed E-state index contributed by atoms with van der Waals surface area (Å²) < 4.78 is 0. The Morgan fingerprint density at radius 1 is 1.30 bits per heavy atom. The Labute approximate surface area is 121 Å². The summed E-state index contributed by atoms with van der Waals surface area (Å²) in [5.74, 6) is 7.41. The van der Waals surface area contributed by atoms with Gasteiger partial charge in [-0.15, -0.1) is 0 Å². The summed E-state index contributed by atoms with van der Waals surface area (Å²) in [6.45, 7) is 9.00. The maximum absolute atomic E-state index is 5.59. The van der Waals surface area contributed by atoms with Gasteiger partial charge in [-0.1, -0.05) is 33.6 Å². The maximum atomic E-state index is 5.59. The number of hydrogen-bond donors (Lipinski definition) is 2.